The average molecular weight is 447 g/mol. The molecule has 1 heterocycles. The molecule has 0 amide bonds. The molecule has 1 aliphatic rings. The minimum atomic E-state index is -3.26. The molecule has 0 saturated carbocycles. The van der Waals surface area contributed by atoms with E-state index in [1.165, 1.54) is 39.4 Å². The highest BCUT2D eigenvalue weighted by Crippen LogP contribution is 2.28. The van der Waals surface area contributed by atoms with Crippen molar-refractivity contribution in [3.63, 3.8) is 0 Å². The fourth-order valence-corrected chi connectivity index (χ4v) is 4.86. The summed E-state index contributed by atoms with van der Waals surface area (Å²) in [5, 5.41) is 0. The molecule has 0 unspecified atom stereocenters. The summed E-state index contributed by atoms with van der Waals surface area (Å²) in [7, 11) is -1.65. The Morgan fingerprint density at radius 3 is 2.32 bits per heavy atom. The molecule has 0 bridgehead atoms. The van der Waals surface area contributed by atoms with Crippen molar-refractivity contribution in [1.29, 1.82) is 0 Å². The number of sulfonamides is 1. The minimum absolute atomic E-state index is 0.182. The maximum atomic E-state index is 13.1. The van der Waals surface area contributed by atoms with E-state index in [1.54, 1.807) is 7.05 Å². The number of aryl methyl sites for hydroxylation is 1. The van der Waals surface area contributed by atoms with Crippen LogP contribution in [0.5, 0.6) is 0 Å². The van der Waals surface area contributed by atoms with E-state index in [9.17, 15) is 12.8 Å². The summed E-state index contributed by atoms with van der Waals surface area (Å²) in [6.45, 7) is 5.35. The Morgan fingerprint density at radius 2 is 1.71 bits per heavy atom. The van der Waals surface area contributed by atoms with Crippen LogP contribution in [0, 0.1) is 11.7 Å². The average Bonchev–Trinajstić information content (AvgIpc) is 2.74. The van der Waals surface area contributed by atoms with Crippen molar-refractivity contribution >= 4 is 15.7 Å². The predicted molar refractivity (Wildman–Crippen MR) is 127 cm³/mol. The molecular weight excluding hydrogens is 411 g/mol. The Morgan fingerprint density at radius 1 is 1.03 bits per heavy atom. The van der Waals surface area contributed by atoms with Gasteiger partial charge in [0.05, 0.1) is 11.9 Å². The van der Waals surface area contributed by atoms with Crippen LogP contribution in [0.2, 0.25) is 0 Å². The van der Waals surface area contributed by atoms with Gasteiger partial charge in [-0.25, -0.2) is 12.8 Å². The Bertz CT molecular complexity index is 952. The Labute approximate surface area is 187 Å². The van der Waals surface area contributed by atoms with Crippen LogP contribution in [0.1, 0.15) is 42.9 Å². The lowest BCUT2D eigenvalue weighted by atomic mass is 9.87. The predicted octanol–water partition coefficient (Wildman–Crippen LogP) is 4.67. The SMILES string of the molecule is CCCc1ccc(N(C)S(C)(=O)=O)cc1CC1CCN(CCc2ccc(F)cc2)CC1. The van der Waals surface area contributed by atoms with E-state index in [2.05, 4.69) is 24.0 Å². The summed E-state index contributed by atoms with van der Waals surface area (Å²) in [5.41, 5.74) is 4.56. The monoisotopic (exact) mass is 446 g/mol. The molecule has 1 fully saturated rings. The molecule has 0 aromatic heterocycles. The number of anilines is 1. The maximum Gasteiger partial charge on any atom is 0.231 e. The summed E-state index contributed by atoms with van der Waals surface area (Å²) < 4.78 is 38.4. The van der Waals surface area contributed by atoms with Crippen molar-refractivity contribution in [2.45, 2.75) is 45.4 Å². The lowest BCUT2D eigenvalue weighted by Gasteiger charge is -2.32. The topological polar surface area (TPSA) is 40.6 Å². The third kappa shape index (κ3) is 6.78. The summed E-state index contributed by atoms with van der Waals surface area (Å²) in [4.78, 5) is 2.50. The first-order valence-corrected chi connectivity index (χ1v) is 13.1. The summed E-state index contributed by atoms with van der Waals surface area (Å²) in [6, 6.07) is 12.9. The normalized spacial score (nSPS) is 15.9. The lowest BCUT2D eigenvalue weighted by Crippen LogP contribution is -2.35. The Balaban J connectivity index is 1.59. The summed E-state index contributed by atoms with van der Waals surface area (Å²) in [5.74, 6) is 0.440. The second-order valence-corrected chi connectivity index (χ2v) is 10.8. The molecule has 0 atom stereocenters. The van der Waals surface area contributed by atoms with Gasteiger partial charge < -0.3 is 4.90 Å². The number of rotatable bonds is 9. The van der Waals surface area contributed by atoms with E-state index in [0.29, 0.717) is 5.92 Å². The molecule has 1 aliphatic heterocycles. The Hall–Kier alpha value is -1.92. The van der Waals surface area contributed by atoms with Gasteiger partial charge in [-0.1, -0.05) is 31.5 Å². The maximum absolute atomic E-state index is 13.1. The van der Waals surface area contributed by atoms with Gasteiger partial charge in [-0.3, -0.25) is 4.31 Å². The standard InChI is InChI=1S/C25H35FN2O2S/c1-4-5-22-8-11-25(27(2)31(3,29)30)19-23(22)18-21-13-16-28(17-14-21)15-12-20-6-9-24(26)10-7-20/h6-11,19,21H,4-5,12-18H2,1-3H3. The van der Waals surface area contributed by atoms with E-state index >= 15 is 0 Å². The molecule has 0 aliphatic carbocycles. The second kappa shape index (κ2) is 10.6. The Kier molecular flexibility index (Phi) is 8.11. The zero-order valence-corrected chi connectivity index (χ0v) is 19.8. The van der Waals surface area contributed by atoms with Crippen molar-refractivity contribution in [2.24, 2.45) is 5.92 Å². The first-order chi connectivity index (χ1) is 14.8. The van der Waals surface area contributed by atoms with Crippen LogP contribution in [0.25, 0.3) is 0 Å². The molecule has 1 saturated heterocycles. The van der Waals surface area contributed by atoms with Crippen molar-refractivity contribution in [2.75, 3.05) is 37.2 Å². The zero-order valence-electron chi connectivity index (χ0n) is 19.0. The minimum Gasteiger partial charge on any atom is -0.303 e. The molecule has 2 aromatic carbocycles. The van der Waals surface area contributed by atoms with Gasteiger partial charge in [-0.15, -0.1) is 0 Å². The number of nitrogens with zero attached hydrogens (tertiary/aromatic N) is 2. The van der Waals surface area contributed by atoms with Crippen LogP contribution in [0.4, 0.5) is 10.1 Å². The molecule has 170 valence electrons. The first-order valence-electron chi connectivity index (χ1n) is 11.3. The third-order valence-electron chi connectivity index (χ3n) is 6.42. The fraction of sp³-hybridized carbons (Fsp3) is 0.520. The van der Waals surface area contributed by atoms with Crippen LogP contribution in [-0.2, 0) is 29.3 Å². The number of likely N-dealkylation sites (tertiary alicyclic amines) is 1. The fourth-order valence-electron chi connectivity index (χ4n) is 4.37. The van der Waals surface area contributed by atoms with Crippen LogP contribution in [-0.4, -0.2) is 46.3 Å². The largest absolute Gasteiger partial charge is 0.303 e. The molecule has 0 N–H and O–H groups in total. The molecule has 0 radical (unpaired) electrons. The number of hydrogen-bond donors (Lipinski definition) is 0. The van der Waals surface area contributed by atoms with Gasteiger partial charge in [0.2, 0.25) is 10.0 Å². The third-order valence-corrected chi connectivity index (χ3v) is 7.62. The second-order valence-electron chi connectivity index (χ2n) is 8.80. The molecular formula is C25H35FN2O2S. The zero-order chi connectivity index (χ0) is 22.4. The molecule has 6 heteroatoms. The van der Waals surface area contributed by atoms with Gasteiger partial charge in [-0.2, -0.15) is 0 Å². The van der Waals surface area contributed by atoms with Crippen molar-refractivity contribution in [3.05, 3.63) is 65.0 Å². The van der Waals surface area contributed by atoms with Crippen molar-refractivity contribution in [3.8, 4) is 0 Å². The number of hydrogen-bond acceptors (Lipinski definition) is 3. The van der Waals surface area contributed by atoms with Gasteiger partial charge in [-0.05, 0) is 92.1 Å². The molecule has 4 nitrogen and oxygen atoms in total. The van der Waals surface area contributed by atoms with E-state index in [-0.39, 0.29) is 5.82 Å². The smallest absolute Gasteiger partial charge is 0.231 e. The van der Waals surface area contributed by atoms with Crippen LogP contribution >= 0.6 is 0 Å². The summed E-state index contributed by atoms with van der Waals surface area (Å²) in [6.07, 6.45) is 7.61. The van der Waals surface area contributed by atoms with E-state index in [1.807, 2.05) is 18.2 Å². The molecule has 2 aromatic rings. The van der Waals surface area contributed by atoms with Gasteiger partial charge in [0.1, 0.15) is 5.82 Å². The van der Waals surface area contributed by atoms with E-state index in [0.717, 1.165) is 63.8 Å². The van der Waals surface area contributed by atoms with Gasteiger partial charge >= 0.3 is 0 Å². The van der Waals surface area contributed by atoms with Crippen molar-refractivity contribution < 1.29 is 12.8 Å². The molecule has 31 heavy (non-hydrogen) atoms. The number of piperidine rings is 1. The van der Waals surface area contributed by atoms with Gasteiger partial charge in [0.15, 0.2) is 0 Å². The van der Waals surface area contributed by atoms with Crippen LogP contribution in [0.3, 0.4) is 0 Å². The molecule has 3 rings (SSSR count). The number of halogens is 1. The van der Waals surface area contributed by atoms with Crippen molar-refractivity contribution in [1.82, 2.24) is 4.90 Å². The van der Waals surface area contributed by atoms with Crippen LogP contribution in [0.15, 0.2) is 42.5 Å². The van der Waals surface area contributed by atoms with Gasteiger partial charge in [0, 0.05) is 13.6 Å². The van der Waals surface area contributed by atoms with E-state index in [4.69, 9.17) is 0 Å². The molecule has 0 spiro atoms. The quantitative estimate of drug-likeness (QED) is 0.562. The van der Waals surface area contributed by atoms with E-state index < -0.39 is 10.0 Å². The van der Waals surface area contributed by atoms with Gasteiger partial charge in [0.25, 0.3) is 0 Å². The highest BCUT2D eigenvalue weighted by atomic mass is 32.2. The lowest BCUT2D eigenvalue weighted by molar-refractivity contribution is 0.186. The summed E-state index contributed by atoms with van der Waals surface area (Å²) >= 11 is 0. The first kappa shape index (κ1) is 23.7. The van der Waals surface area contributed by atoms with Crippen LogP contribution < -0.4 is 4.31 Å². The number of benzene rings is 2. The highest BCUT2D eigenvalue weighted by Gasteiger charge is 2.21. The highest BCUT2D eigenvalue weighted by molar-refractivity contribution is 7.92.